The first-order chi connectivity index (χ1) is 9.45. The molecule has 0 amide bonds. The van der Waals surface area contributed by atoms with Crippen LogP contribution < -0.4 is 5.73 Å². The highest BCUT2D eigenvalue weighted by molar-refractivity contribution is 5.13. The van der Waals surface area contributed by atoms with Crippen molar-refractivity contribution in [3.05, 3.63) is 17.5 Å². The molecule has 1 saturated heterocycles. The number of hydrogen-bond acceptors (Lipinski definition) is 4. The van der Waals surface area contributed by atoms with Gasteiger partial charge in [-0.15, -0.1) is 0 Å². The van der Waals surface area contributed by atoms with Crippen LogP contribution in [-0.4, -0.2) is 52.6 Å². The minimum atomic E-state index is -0.0274. The minimum absolute atomic E-state index is 0.0274. The Morgan fingerprint density at radius 2 is 2.05 bits per heavy atom. The summed E-state index contributed by atoms with van der Waals surface area (Å²) in [6.07, 6.45) is 1.82. The highest BCUT2D eigenvalue weighted by atomic mass is 16.5. The molecule has 114 valence electrons. The standard InChI is InChI=1S/C15H28N4O/c1-5-12-10-13(18(4)17-12)11-14(16)15(2,3)19-6-8-20-9-7-19/h10,14H,5-9,11,16H2,1-4H3. The lowest BCUT2D eigenvalue weighted by molar-refractivity contribution is -0.0187. The number of aryl methyl sites for hydroxylation is 2. The van der Waals surface area contributed by atoms with Gasteiger partial charge >= 0.3 is 0 Å². The molecular weight excluding hydrogens is 252 g/mol. The summed E-state index contributed by atoms with van der Waals surface area (Å²) in [5.41, 5.74) is 8.84. The smallest absolute Gasteiger partial charge is 0.0624 e. The van der Waals surface area contributed by atoms with E-state index in [0.29, 0.717) is 0 Å². The van der Waals surface area contributed by atoms with Crippen molar-refractivity contribution < 1.29 is 4.74 Å². The SMILES string of the molecule is CCc1cc(CC(N)C(C)(C)N2CCOCC2)n(C)n1. The largest absolute Gasteiger partial charge is 0.379 e. The number of nitrogens with two attached hydrogens (primary N) is 1. The van der Waals surface area contributed by atoms with E-state index in [1.54, 1.807) is 0 Å². The number of rotatable bonds is 5. The van der Waals surface area contributed by atoms with Crippen LogP contribution in [0.15, 0.2) is 6.07 Å². The van der Waals surface area contributed by atoms with Crippen molar-refractivity contribution in [2.24, 2.45) is 12.8 Å². The normalized spacial score (nSPS) is 19.2. The van der Waals surface area contributed by atoms with Gasteiger partial charge in [0, 0.05) is 43.8 Å². The molecule has 0 aliphatic carbocycles. The van der Waals surface area contributed by atoms with Crippen LogP contribution in [0.1, 0.15) is 32.2 Å². The van der Waals surface area contributed by atoms with Gasteiger partial charge in [-0.3, -0.25) is 9.58 Å². The zero-order chi connectivity index (χ0) is 14.8. The molecule has 1 aliphatic rings. The first-order valence-corrected chi connectivity index (χ1v) is 7.55. The van der Waals surface area contributed by atoms with Gasteiger partial charge in [-0.1, -0.05) is 6.92 Å². The van der Waals surface area contributed by atoms with Gasteiger partial charge in [0.25, 0.3) is 0 Å². The van der Waals surface area contributed by atoms with Gasteiger partial charge in [0.1, 0.15) is 0 Å². The molecule has 0 radical (unpaired) electrons. The Bertz CT molecular complexity index is 435. The molecule has 5 nitrogen and oxygen atoms in total. The maximum Gasteiger partial charge on any atom is 0.0624 e. The first-order valence-electron chi connectivity index (χ1n) is 7.55. The molecule has 0 spiro atoms. The van der Waals surface area contributed by atoms with Crippen molar-refractivity contribution in [3.8, 4) is 0 Å². The molecule has 0 saturated carbocycles. The van der Waals surface area contributed by atoms with E-state index in [1.165, 1.54) is 5.69 Å². The van der Waals surface area contributed by atoms with E-state index in [4.69, 9.17) is 10.5 Å². The quantitative estimate of drug-likeness (QED) is 0.873. The fourth-order valence-electron chi connectivity index (χ4n) is 2.78. The van der Waals surface area contributed by atoms with Crippen LogP contribution in [0.25, 0.3) is 0 Å². The summed E-state index contributed by atoms with van der Waals surface area (Å²) in [7, 11) is 2.00. The summed E-state index contributed by atoms with van der Waals surface area (Å²) in [5, 5.41) is 4.50. The molecule has 1 fully saturated rings. The highest BCUT2D eigenvalue weighted by Gasteiger charge is 2.34. The predicted octanol–water partition coefficient (Wildman–Crippen LogP) is 0.963. The molecule has 1 aliphatic heterocycles. The lowest BCUT2D eigenvalue weighted by atomic mass is 9.89. The third kappa shape index (κ3) is 3.22. The zero-order valence-electron chi connectivity index (χ0n) is 13.2. The molecule has 5 heteroatoms. The Hall–Kier alpha value is -0.910. The Balaban J connectivity index is 2.05. The molecule has 20 heavy (non-hydrogen) atoms. The second kappa shape index (κ2) is 6.24. The Morgan fingerprint density at radius 3 is 2.60 bits per heavy atom. The van der Waals surface area contributed by atoms with Crippen LogP contribution in [0, 0.1) is 0 Å². The van der Waals surface area contributed by atoms with Crippen LogP contribution in [-0.2, 0) is 24.6 Å². The second-order valence-electron chi connectivity index (χ2n) is 6.17. The average Bonchev–Trinajstić information content (AvgIpc) is 2.80. The third-order valence-corrected chi connectivity index (χ3v) is 4.55. The van der Waals surface area contributed by atoms with E-state index in [1.807, 2.05) is 11.7 Å². The average molecular weight is 280 g/mol. The summed E-state index contributed by atoms with van der Waals surface area (Å²) in [4.78, 5) is 2.44. The van der Waals surface area contributed by atoms with Crippen LogP contribution in [0.4, 0.5) is 0 Å². The number of morpholine rings is 1. The molecule has 1 aromatic heterocycles. The van der Waals surface area contributed by atoms with Crippen molar-refractivity contribution in [2.45, 2.75) is 45.2 Å². The van der Waals surface area contributed by atoms with E-state index in [2.05, 4.69) is 36.8 Å². The summed E-state index contributed by atoms with van der Waals surface area (Å²) < 4.78 is 7.40. The number of aromatic nitrogens is 2. The van der Waals surface area contributed by atoms with Gasteiger partial charge in [0.05, 0.1) is 18.9 Å². The topological polar surface area (TPSA) is 56.3 Å². The van der Waals surface area contributed by atoms with Crippen molar-refractivity contribution in [2.75, 3.05) is 26.3 Å². The van der Waals surface area contributed by atoms with Gasteiger partial charge in [-0.05, 0) is 26.3 Å². The maximum atomic E-state index is 6.51. The van der Waals surface area contributed by atoms with Gasteiger partial charge in [-0.25, -0.2) is 0 Å². The van der Waals surface area contributed by atoms with Crippen LogP contribution >= 0.6 is 0 Å². The molecule has 2 rings (SSSR count). The molecule has 1 aromatic rings. The Morgan fingerprint density at radius 1 is 1.40 bits per heavy atom. The third-order valence-electron chi connectivity index (χ3n) is 4.55. The highest BCUT2D eigenvalue weighted by Crippen LogP contribution is 2.22. The lowest BCUT2D eigenvalue weighted by Crippen LogP contribution is -2.59. The van der Waals surface area contributed by atoms with Crippen molar-refractivity contribution in [1.82, 2.24) is 14.7 Å². The fraction of sp³-hybridized carbons (Fsp3) is 0.800. The second-order valence-corrected chi connectivity index (χ2v) is 6.17. The van der Waals surface area contributed by atoms with Gasteiger partial charge < -0.3 is 10.5 Å². The van der Waals surface area contributed by atoms with Gasteiger partial charge in [-0.2, -0.15) is 5.10 Å². The molecule has 2 N–H and O–H groups in total. The van der Waals surface area contributed by atoms with E-state index in [0.717, 1.165) is 44.8 Å². The zero-order valence-corrected chi connectivity index (χ0v) is 13.2. The maximum absolute atomic E-state index is 6.51. The van der Waals surface area contributed by atoms with Gasteiger partial charge in [0.15, 0.2) is 0 Å². The number of nitrogens with zero attached hydrogens (tertiary/aromatic N) is 3. The summed E-state index contributed by atoms with van der Waals surface area (Å²) in [6, 6.07) is 2.26. The number of hydrogen-bond donors (Lipinski definition) is 1. The van der Waals surface area contributed by atoms with E-state index >= 15 is 0 Å². The molecule has 2 heterocycles. The predicted molar refractivity (Wildman–Crippen MR) is 80.7 cm³/mol. The van der Waals surface area contributed by atoms with Crippen LogP contribution in [0.2, 0.25) is 0 Å². The summed E-state index contributed by atoms with van der Waals surface area (Å²) in [6.45, 7) is 10.1. The van der Waals surface area contributed by atoms with E-state index in [9.17, 15) is 0 Å². The minimum Gasteiger partial charge on any atom is -0.379 e. The summed E-state index contributed by atoms with van der Waals surface area (Å²) in [5.74, 6) is 0. The van der Waals surface area contributed by atoms with E-state index < -0.39 is 0 Å². The number of ether oxygens (including phenoxy) is 1. The Kier molecular flexibility index (Phi) is 4.83. The van der Waals surface area contributed by atoms with Crippen molar-refractivity contribution in [1.29, 1.82) is 0 Å². The molecule has 1 unspecified atom stereocenters. The fourth-order valence-corrected chi connectivity index (χ4v) is 2.78. The molecule has 0 bridgehead atoms. The first kappa shape index (κ1) is 15.5. The van der Waals surface area contributed by atoms with Crippen molar-refractivity contribution >= 4 is 0 Å². The van der Waals surface area contributed by atoms with Crippen LogP contribution in [0.3, 0.4) is 0 Å². The molecule has 1 atom stereocenters. The monoisotopic (exact) mass is 280 g/mol. The van der Waals surface area contributed by atoms with Crippen molar-refractivity contribution in [3.63, 3.8) is 0 Å². The lowest BCUT2D eigenvalue weighted by Gasteiger charge is -2.44. The van der Waals surface area contributed by atoms with Gasteiger partial charge in [0.2, 0.25) is 0 Å². The Labute approximate surface area is 122 Å². The molecular formula is C15H28N4O. The molecule has 0 aromatic carbocycles. The van der Waals surface area contributed by atoms with E-state index in [-0.39, 0.29) is 11.6 Å². The van der Waals surface area contributed by atoms with Crippen LogP contribution in [0.5, 0.6) is 0 Å². The summed E-state index contributed by atoms with van der Waals surface area (Å²) >= 11 is 0.